The zero-order valence-electron chi connectivity index (χ0n) is 12.8. The molecule has 0 aliphatic heterocycles. The van der Waals surface area contributed by atoms with E-state index in [0.717, 1.165) is 11.1 Å². The first-order chi connectivity index (χ1) is 11.0. The molecule has 23 heavy (non-hydrogen) atoms. The van der Waals surface area contributed by atoms with Crippen LogP contribution in [0.25, 0.3) is 0 Å². The number of nitriles is 1. The number of benzene rings is 1. The lowest BCUT2D eigenvalue weighted by Gasteiger charge is -2.10. The Morgan fingerprint density at radius 2 is 2.13 bits per heavy atom. The van der Waals surface area contributed by atoms with Crippen LogP contribution in [0.4, 0.5) is 0 Å². The minimum atomic E-state index is -0.318. The molecule has 2 rings (SSSR count). The molecule has 0 amide bonds. The molecule has 0 N–H and O–H groups in total. The summed E-state index contributed by atoms with van der Waals surface area (Å²) in [7, 11) is 0. The average Bonchev–Trinajstić information content (AvgIpc) is 2.50. The van der Waals surface area contributed by atoms with Gasteiger partial charge < -0.3 is 9.47 Å². The second-order valence-electron chi connectivity index (χ2n) is 4.83. The lowest BCUT2D eigenvalue weighted by Crippen LogP contribution is -2.07. The Kier molecular flexibility index (Phi) is 5.56. The van der Waals surface area contributed by atoms with Gasteiger partial charge in [0, 0.05) is 6.07 Å². The maximum Gasteiger partial charge on any atom is 0.310 e. The van der Waals surface area contributed by atoms with Crippen LogP contribution in [0.3, 0.4) is 0 Å². The van der Waals surface area contributed by atoms with Crippen LogP contribution in [0.5, 0.6) is 11.6 Å². The molecule has 1 aromatic heterocycles. The monoisotopic (exact) mass is 330 g/mol. The lowest BCUT2D eigenvalue weighted by atomic mass is 10.1. The molecule has 6 heteroatoms. The van der Waals surface area contributed by atoms with Gasteiger partial charge in [-0.3, -0.25) is 4.79 Å². The molecule has 0 spiro atoms. The Labute approximate surface area is 139 Å². The van der Waals surface area contributed by atoms with E-state index in [4.69, 9.17) is 26.3 Å². The highest BCUT2D eigenvalue weighted by Gasteiger charge is 2.10. The summed E-state index contributed by atoms with van der Waals surface area (Å²) >= 11 is 6.12. The van der Waals surface area contributed by atoms with Crippen LogP contribution in [0, 0.1) is 18.3 Å². The fourth-order valence-electron chi connectivity index (χ4n) is 1.97. The number of halogens is 1. The van der Waals surface area contributed by atoms with Gasteiger partial charge in [0.1, 0.15) is 17.5 Å². The summed E-state index contributed by atoms with van der Waals surface area (Å²) in [6.07, 6.45) is 0.131. The fraction of sp³-hybridized carbons (Fsp3) is 0.235. The molecule has 0 atom stereocenters. The summed E-state index contributed by atoms with van der Waals surface area (Å²) in [4.78, 5) is 15.6. The third-order valence-corrected chi connectivity index (χ3v) is 3.24. The van der Waals surface area contributed by atoms with Crippen molar-refractivity contribution in [2.45, 2.75) is 20.3 Å². The van der Waals surface area contributed by atoms with E-state index in [0.29, 0.717) is 17.4 Å². The molecular formula is C17H15ClN2O3. The summed E-state index contributed by atoms with van der Waals surface area (Å²) in [6.45, 7) is 3.93. The van der Waals surface area contributed by atoms with Gasteiger partial charge in [-0.15, -0.1) is 0 Å². The SMILES string of the molecule is CCOC(=O)Cc1ccc(Cl)c(Oc2cc(C)cc(C#N)n2)c1. The van der Waals surface area contributed by atoms with Crippen molar-refractivity contribution in [1.82, 2.24) is 4.98 Å². The van der Waals surface area contributed by atoms with Crippen molar-refractivity contribution in [3.8, 4) is 17.7 Å². The first kappa shape index (κ1) is 16.8. The van der Waals surface area contributed by atoms with Gasteiger partial charge in [0.15, 0.2) is 0 Å². The molecule has 0 bridgehead atoms. The van der Waals surface area contributed by atoms with Crippen molar-refractivity contribution in [3.63, 3.8) is 0 Å². The molecule has 0 radical (unpaired) electrons. The zero-order valence-corrected chi connectivity index (χ0v) is 13.6. The van der Waals surface area contributed by atoms with Crippen molar-refractivity contribution in [1.29, 1.82) is 5.26 Å². The summed E-state index contributed by atoms with van der Waals surface area (Å²) < 4.78 is 10.6. The number of hydrogen-bond acceptors (Lipinski definition) is 5. The maximum absolute atomic E-state index is 11.6. The molecule has 2 aromatic rings. The Hall–Kier alpha value is -2.58. The number of ether oxygens (including phenoxy) is 2. The second kappa shape index (κ2) is 7.61. The van der Waals surface area contributed by atoms with Crippen molar-refractivity contribution >= 4 is 17.6 Å². The molecule has 118 valence electrons. The molecule has 0 unspecified atom stereocenters. The summed E-state index contributed by atoms with van der Waals surface area (Å²) in [5.41, 5.74) is 1.83. The third-order valence-electron chi connectivity index (χ3n) is 2.92. The van der Waals surface area contributed by atoms with E-state index in [9.17, 15) is 4.79 Å². The molecule has 1 aromatic carbocycles. The van der Waals surface area contributed by atoms with Crippen LogP contribution in [0.1, 0.15) is 23.7 Å². The maximum atomic E-state index is 11.6. The number of carbonyl (C=O) groups excluding carboxylic acids is 1. The fourth-order valence-corrected chi connectivity index (χ4v) is 2.13. The standard InChI is InChI=1S/C17H15ClN2O3/c1-3-22-17(21)9-12-4-5-14(18)15(8-12)23-16-7-11(2)6-13(10-19)20-16/h4-8H,3,9H2,1-2H3. The Morgan fingerprint density at radius 1 is 1.35 bits per heavy atom. The zero-order chi connectivity index (χ0) is 16.8. The highest BCUT2D eigenvalue weighted by atomic mass is 35.5. The first-order valence-electron chi connectivity index (χ1n) is 7.02. The highest BCUT2D eigenvalue weighted by molar-refractivity contribution is 6.32. The Bertz CT molecular complexity index is 769. The molecule has 1 heterocycles. The van der Waals surface area contributed by atoms with E-state index in [1.54, 1.807) is 37.3 Å². The number of esters is 1. The van der Waals surface area contributed by atoms with Gasteiger partial charge in [-0.2, -0.15) is 5.26 Å². The Balaban J connectivity index is 2.24. The lowest BCUT2D eigenvalue weighted by molar-refractivity contribution is -0.142. The average molecular weight is 331 g/mol. The highest BCUT2D eigenvalue weighted by Crippen LogP contribution is 2.30. The molecule has 0 fully saturated rings. The number of aromatic nitrogens is 1. The molecule has 5 nitrogen and oxygen atoms in total. The minimum absolute atomic E-state index is 0.131. The molecular weight excluding hydrogens is 316 g/mol. The van der Waals surface area contributed by atoms with Crippen molar-refractivity contribution < 1.29 is 14.3 Å². The van der Waals surface area contributed by atoms with Gasteiger partial charge in [-0.05, 0) is 43.2 Å². The first-order valence-corrected chi connectivity index (χ1v) is 7.40. The van der Waals surface area contributed by atoms with Gasteiger partial charge in [-0.1, -0.05) is 17.7 Å². The van der Waals surface area contributed by atoms with Crippen LogP contribution in [-0.4, -0.2) is 17.6 Å². The summed E-state index contributed by atoms with van der Waals surface area (Å²) in [6, 6.07) is 10.4. The quantitative estimate of drug-likeness (QED) is 0.779. The number of nitrogens with zero attached hydrogens (tertiary/aromatic N) is 2. The van der Waals surface area contributed by atoms with Gasteiger partial charge >= 0.3 is 5.97 Å². The van der Waals surface area contributed by atoms with Crippen LogP contribution in [-0.2, 0) is 16.0 Å². The van der Waals surface area contributed by atoms with E-state index in [1.165, 1.54) is 0 Å². The number of rotatable bonds is 5. The minimum Gasteiger partial charge on any atom is -0.466 e. The van der Waals surface area contributed by atoms with E-state index >= 15 is 0 Å². The predicted molar refractivity (Wildman–Crippen MR) is 85.6 cm³/mol. The van der Waals surface area contributed by atoms with Gasteiger partial charge in [0.05, 0.1) is 18.1 Å². The van der Waals surface area contributed by atoms with Gasteiger partial charge in [0.25, 0.3) is 0 Å². The van der Waals surface area contributed by atoms with Gasteiger partial charge in [0.2, 0.25) is 5.88 Å². The normalized spacial score (nSPS) is 10.0. The summed E-state index contributed by atoms with van der Waals surface area (Å²) in [5.74, 6) is 0.327. The molecule has 0 saturated carbocycles. The van der Waals surface area contributed by atoms with Crippen LogP contribution >= 0.6 is 11.6 Å². The smallest absolute Gasteiger partial charge is 0.310 e. The second-order valence-corrected chi connectivity index (χ2v) is 5.24. The number of pyridine rings is 1. The third kappa shape index (κ3) is 4.70. The van der Waals surface area contributed by atoms with Crippen molar-refractivity contribution in [3.05, 3.63) is 52.2 Å². The number of carbonyl (C=O) groups is 1. The molecule has 0 aliphatic carbocycles. The van der Waals surface area contributed by atoms with Crippen molar-refractivity contribution in [2.24, 2.45) is 0 Å². The number of aryl methyl sites for hydroxylation is 1. The van der Waals surface area contributed by atoms with Gasteiger partial charge in [-0.25, -0.2) is 4.98 Å². The number of hydrogen-bond donors (Lipinski definition) is 0. The van der Waals surface area contributed by atoms with E-state index in [-0.39, 0.29) is 24.0 Å². The van der Waals surface area contributed by atoms with Crippen LogP contribution < -0.4 is 4.74 Å². The van der Waals surface area contributed by atoms with E-state index in [2.05, 4.69) is 4.98 Å². The molecule has 0 aliphatic rings. The van der Waals surface area contributed by atoms with E-state index < -0.39 is 0 Å². The largest absolute Gasteiger partial charge is 0.466 e. The van der Waals surface area contributed by atoms with Crippen LogP contribution in [0.15, 0.2) is 30.3 Å². The van der Waals surface area contributed by atoms with Crippen molar-refractivity contribution in [2.75, 3.05) is 6.61 Å². The predicted octanol–water partition coefficient (Wildman–Crippen LogP) is 3.81. The summed E-state index contributed by atoms with van der Waals surface area (Å²) in [5, 5.41) is 9.34. The topological polar surface area (TPSA) is 72.2 Å². The van der Waals surface area contributed by atoms with Crippen LogP contribution in [0.2, 0.25) is 5.02 Å². The Morgan fingerprint density at radius 3 is 2.83 bits per heavy atom. The van der Waals surface area contributed by atoms with E-state index in [1.807, 2.05) is 13.0 Å². The molecule has 0 saturated heterocycles.